The number of fused-ring (bicyclic) bond motifs is 4. The molecule has 0 saturated heterocycles. The van der Waals surface area contributed by atoms with Crippen molar-refractivity contribution in [2.24, 2.45) is 5.92 Å². The molecule has 1 N–H and O–H groups in total. The molecular formula is C42H45N. The molecule has 0 bridgehead atoms. The maximum atomic E-state index is 4.58. The van der Waals surface area contributed by atoms with E-state index in [1.54, 1.807) is 0 Å². The average molecular weight is 564 g/mol. The molecule has 2 atom stereocenters. The van der Waals surface area contributed by atoms with Gasteiger partial charge >= 0.3 is 0 Å². The van der Waals surface area contributed by atoms with Gasteiger partial charge in [-0.05, 0) is 81.5 Å². The third-order valence-corrected chi connectivity index (χ3v) is 8.21. The normalized spacial score (nSPS) is 21.6. The van der Waals surface area contributed by atoms with E-state index in [-0.39, 0.29) is 11.3 Å². The standard InChI is InChI=1S/C40H39N.C2H6/c1-6-16-32(33-19-11-9-12-20-33)25-24-30(4)41-35-27-26-34-21-13-8-10-18-29(3)40(39(34)28-35)37(17-7-2)31(5)36-22-14-15-23-38(36)40;1-2/h7-20,22-29,41H,2,4-6,21H2,1,3H3;1-2H3/b13-8-,18-10-,25-24-,32-16+,37-17+;. The molecule has 1 nitrogen and oxygen atoms in total. The van der Waals surface area contributed by atoms with Crippen LogP contribution in [0.5, 0.6) is 0 Å². The van der Waals surface area contributed by atoms with E-state index in [0.29, 0.717) is 0 Å². The Balaban J connectivity index is 0.00000207. The lowest BCUT2D eigenvalue weighted by Crippen LogP contribution is -2.35. The zero-order chi connectivity index (χ0) is 30.8. The van der Waals surface area contributed by atoms with Crippen molar-refractivity contribution in [1.29, 1.82) is 0 Å². The van der Waals surface area contributed by atoms with E-state index in [0.717, 1.165) is 29.8 Å². The lowest BCUT2D eigenvalue weighted by molar-refractivity contribution is 0.490. The Morgan fingerprint density at radius 3 is 2.44 bits per heavy atom. The van der Waals surface area contributed by atoms with Crippen molar-refractivity contribution in [2.75, 3.05) is 5.32 Å². The number of nitrogens with one attached hydrogen (secondary N) is 1. The van der Waals surface area contributed by atoms with Gasteiger partial charge < -0.3 is 5.32 Å². The highest BCUT2D eigenvalue weighted by atomic mass is 14.9. The van der Waals surface area contributed by atoms with Gasteiger partial charge in [0.25, 0.3) is 0 Å². The monoisotopic (exact) mass is 563 g/mol. The molecule has 1 heteroatoms. The smallest absolute Gasteiger partial charge is 0.0526 e. The van der Waals surface area contributed by atoms with Gasteiger partial charge in [0, 0.05) is 11.4 Å². The van der Waals surface area contributed by atoms with Gasteiger partial charge in [0.05, 0.1) is 5.41 Å². The van der Waals surface area contributed by atoms with E-state index >= 15 is 0 Å². The van der Waals surface area contributed by atoms with Crippen LogP contribution in [-0.4, -0.2) is 0 Å². The third kappa shape index (κ3) is 6.27. The Bertz CT molecular complexity index is 1620. The number of rotatable bonds is 7. The van der Waals surface area contributed by atoms with Gasteiger partial charge in [-0.2, -0.15) is 0 Å². The maximum Gasteiger partial charge on any atom is 0.0526 e. The summed E-state index contributed by atoms with van der Waals surface area (Å²) in [5.74, 6) is 0.182. The van der Waals surface area contributed by atoms with E-state index < -0.39 is 0 Å². The number of benzene rings is 3. The predicted molar refractivity (Wildman–Crippen MR) is 190 cm³/mol. The fourth-order valence-electron chi connectivity index (χ4n) is 6.39. The summed E-state index contributed by atoms with van der Waals surface area (Å²) in [6, 6.07) is 26.0. The zero-order valence-corrected chi connectivity index (χ0v) is 26.2. The Morgan fingerprint density at radius 1 is 0.953 bits per heavy atom. The van der Waals surface area contributed by atoms with Crippen LogP contribution in [0.25, 0.3) is 11.1 Å². The molecule has 218 valence electrons. The van der Waals surface area contributed by atoms with Crippen LogP contribution in [0.2, 0.25) is 0 Å². The van der Waals surface area contributed by atoms with Gasteiger partial charge in [0.1, 0.15) is 0 Å². The second-order valence-corrected chi connectivity index (χ2v) is 10.7. The number of hydrogen-bond acceptors (Lipinski definition) is 1. The zero-order valence-electron chi connectivity index (χ0n) is 26.2. The first-order valence-corrected chi connectivity index (χ1v) is 15.5. The van der Waals surface area contributed by atoms with Crippen molar-refractivity contribution < 1.29 is 0 Å². The van der Waals surface area contributed by atoms with Gasteiger partial charge in [0.2, 0.25) is 0 Å². The molecule has 2 aliphatic rings. The highest BCUT2D eigenvalue weighted by molar-refractivity contribution is 5.92. The van der Waals surface area contributed by atoms with Crippen molar-refractivity contribution in [3.8, 4) is 0 Å². The summed E-state index contributed by atoms with van der Waals surface area (Å²) in [7, 11) is 0. The number of anilines is 1. The molecule has 0 aliphatic heterocycles. The second-order valence-electron chi connectivity index (χ2n) is 10.7. The summed E-state index contributed by atoms with van der Waals surface area (Å²) in [4.78, 5) is 0. The van der Waals surface area contributed by atoms with Gasteiger partial charge in [-0.15, -0.1) is 0 Å². The quantitative estimate of drug-likeness (QED) is 0.282. The number of hydrogen-bond donors (Lipinski definition) is 1. The fourth-order valence-corrected chi connectivity index (χ4v) is 6.39. The first-order valence-electron chi connectivity index (χ1n) is 15.5. The molecular weight excluding hydrogens is 518 g/mol. The van der Waals surface area contributed by atoms with Crippen LogP contribution >= 0.6 is 0 Å². The van der Waals surface area contributed by atoms with E-state index in [9.17, 15) is 0 Å². The molecule has 2 aliphatic carbocycles. The molecule has 0 fully saturated rings. The van der Waals surface area contributed by atoms with E-state index in [4.69, 9.17) is 0 Å². The van der Waals surface area contributed by atoms with Crippen LogP contribution in [0, 0.1) is 5.92 Å². The minimum absolute atomic E-state index is 0.182. The second kappa shape index (κ2) is 14.5. The lowest BCUT2D eigenvalue weighted by atomic mass is 9.63. The topological polar surface area (TPSA) is 12.0 Å². The largest absolute Gasteiger partial charge is 0.356 e. The van der Waals surface area contributed by atoms with Crippen molar-refractivity contribution in [3.63, 3.8) is 0 Å². The van der Waals surface area contributed by atoms with E-state index in [1.165, 1.54) is 39.0 Å². The molecule has 5 rings (SSSR count). The predicted octanol–water partition coefficient (Wildman–Crippen LogP) is 11.4. The lowest BCUT2D eigenvalue weighted by Gasteiger charge is -2.39. The van der Waals surface area contributed by atoms with Crippen LogP contribution in [-0.2, 0) is 11.8 Å². The first kappa shape index (κ1) is 31.3. The minimum atomic E-state index is -0.390. The van der Waals surface area contributed by atoms with Crippen molar-refractivity contribution in [1.82, 2.24) is 0 Å². The van der Waals surface area contributed by atoms with E-state index in [2.05, 4.69) is 154 Å². The van der Waals surface area contributed by atoms with Crippen LogP contribution < -0.4 is 5.32 Å². The molecule has 2 unspecified atom stereocenters. The third-order valence-electron chi connectivity index (χ3n) is 8.21. The Morgan fingerprint density at radius 2 is 1.70 bits per heavy atom. The number of allylic oxidation sites excluding steroid dienone is 12. The van der Waals surface area contributed by atoms with Crippen molar-refractivity contribution >= 4 is 16.8 Å². The van der Waals surface area contributed by atoms with Crippen molar-refractivity contribution in [2.45, 2.75) is 46.0 Å². The highest BCUT2D eigenvalue weighted by Crippen LogP contribution is 2.58. The van der Waals surface area contributed by atoms with E-state index in [1.807, 2.05) is 26.0 Å². The summed E-state index contributed by atoms with van der Waals surface area (Å²) < 4.78 is 0. The van der Waals surface area contributed by atoms with Crippen LogP contribution in [0.1, 0.15) is 61.9 Å². The maximum absolute atomic E-state index is 4.58. The molecule has 3 aromatic rings. The van der Waals surface area contributed by atoms with Crippen LogP contribution in [0.4, 0.5) is 5.69 Å². The summed E-state index contributed by atoms with van der Waals surface area (Å²) >= 11 is 0. The molecule has 43 heavy (non-hydrogen) atoms. The summed E-state index contributed by atoms with van der Waals surface area (Å²) in [5.41, 5.74) is 11.2. The van der Waals surface area contributed by atoms with Crippen LogP contribution in [0.15, 0.2) is 158 Å². The summed E-state index contributed by atoms with van der Waals surface area (Å²) in [5, 5.41) is 3.59. The van der Waals surface area contributed by atoms with Crippen LogP contribution in [0.3, 0.4) is 0 Å². The summed E-state index contributed by atoms with van der Waals surface area (Å²) in [6.07, 6.45) is 21.3. The highest BCUT2D eigenvalue weighted by Gasteiger charge is 2.50. The first-order chi connectivity index (χ1) is 21.0. The molecule has 0 saturated carbocycles. The minimum Gasteiger partial charge on any atom is -0.356 e. The van der Waals surface area contributed by atoms with Gasteiger partial charge in [-0.3, -0.25) is 0 Å². The molecule has 1 spiro atoms. The molecule has 0 aromatic heterocycles. The van der Waals surface area contributed by atoms with Crippen molar-refractivity contribution in [3.05, 3.63) is 186 Å². The Hall–Kier alpha value is -4.62. The fraction of sp³-hybridized carbons (Fsp3) is 0.190. The summed E-state index contributed by atoms with van der Waals surface area (Å²) in [6.45, 7) is 21.5. The molecule has 0 amide bonds. The molecule has 3 aromatic carbocycles. The molecule has 0 radical (unpaired) electrons. The SMILES string of the molecule is C=C/C=C1\C(=C)c2ccccc2C12c1cc(NC(=C)/C=C\C(=C/CC)c3ccccc3)ccc1C/C=C\C=C/C2C.CC. The Kier molecular flexibility index (Phi) is 10.6. The Labute approximate surface area is 259 Å². The molecule has 0 heterocycles. The average Bonchev–Trinajstić information content (AvgIpc) is 3.32. The van der Waals surface area contributed by atoms with Gasteiger partial charge in [0.15, 0.2) is 0 Å². The van der Waals surface area contributed by atoms with Gasteiger partial charge in [-0.1, -0.05) is 157 Å². The van der Waals surface area contributed by atoms with Gasteiger partial charge in [-0.25, -0.2) is 0 Å².